The number of aliphatic hydroxyl groups is 1. The highest BCUT2D eigenvalue weighted by Crippen LogP contribution is 2.31. The first-order chi connectivity index (χ1) is 8.10. The molecule has 1 aromatic heterocycles. The largest absolute Gasteiger partial charge is 0.394 e. The topological polar surface area (TPSA) is 97.5 Å². The van der Waals surface area contributed by atoms with E-state index < -0.39 is 11.0 Å². The molecule has 0 saturated carbocycles. The standard InChI is InChI=1S/C9H12BrN3O4/c1-17-5-6(4-14)12-9-7(10)2-11-3-8(9)13(15)16/h2-3,6,14H,4-5H2,1H3,(H,11,12). The van der Waals surface area contributed by atoms with E-state index in [0.717, 1.165) is 6.20 Å². The fourth-order valence-corrected chi connectivity index (χ4v) is 1.69. The minimum absolute atomic E-state index is 0.158. The maximum absolute atomic E-state index is 10.8. The zero-order valence-corrected chi connectivity index (χ0v) is 10.7. The van der Waals surface area contributed by atoms with E-state index in [-0.39, 0.29) is 24.6 Å². The molecule has 1 aromatic rings. The molecule has 0 radical (unpaired) electrons. The second-order valence-electron chi connectivity index (χ2n) is 3.25. The minimum atomic E-state index is -0.540. The van der Waals surface area contributed by atoms with Crippen LogP contribution in [0.2, 0.25) is 0 Å². The Labute approximate surface area is 106 Å². The van der Waals surface area contributed by atoms with E-state index in [0.29, 0.717) is 4.47 Å². The summed E-state index contributed by atoms with van der Waals surface area (Å²) in [6, 6.07) is -0.419. The van der Waals surface area contributed by atoms with E-state index >= 15 is 0 Å². The van der Waals surface area contributed by atoms with Crippen molar-refractivity contribution in [1.82, 2.24) is 4.98 Å². The van der Waals surface area contributed by atoms with Gasteiger partial charge in [0.2, 0.25) is 0 Å². The van der Waals surface area contributed by atoms with Gasteiger partial charge in [0.15, 0.2) is 0 Å². The number of anilines is 1. The second-order valence-corrected chi connectivity index (χ2v) is 4.11. The smallest absolute Gasteiger partial charge is 0.311 e. The van der Waals surface area contributed by atoms with Crippen molar-refractivity contribution in [1.29, 1.82) is 0 Å². The van der Waals surface area contributed by atoms with Gasteiger partial charge in [-0.2, -0.15) is 0 Å². The molecule has 0 saturated heterocycles. The first-order valence-corrected chi connectivity index (χ1v) is 5.53. The Morgan fingerprint density at radius 1 is 1.71 bits per heavy atom. The molecule has 0 aliphatic rings. The number of aromatic nitrogens is 1. The number of rotatable bonds is 6. The van der Waals surface area contributed by atoms with Crippen LogP contribution >= 0.6 is 15.9 Å². The Morgan fingerprint density at radius 2 is 2.41 bits per heavy atom. The Kier molecular flexibility index (Phi) is 5.26. The number of ether oxygens (including phenoxy) is 1. The summed E-state index contributed by atoms with van der Waals surface area (Å²) in [4.78, 5) is 14.0. The van der Waals surface area contributed by atoms with Crippen LogP contribution < -0.4 is 5.32 Å². The lowest BCUT2D eigenvalue weighted by Gasteiger charge is -2.17. The Balaban J connectivity index is 2.99. The normalized spacial score (nSPS) is 12.2. The molecule has 0 bridgehead atoms. The van der Waals surface area contributed by atoms with E-state index in [2.05, 4.69) is 26.2 Å². The number of pyridine rings is 1. The van der Waals surface area contributed by atoms with Gasteiger partial charge in [-0.1, -0.05) is 0 Å². The third-order valence-corrected chi connectivity index (χ3v) is 2.61. The second kappa shape index (κ2) is 6.48. The molecule has 7 nitrogen and oxygen atoms in total. The van der Waals surface area contributed by atoms with Gasteiger partial charge in [0.1, 0.15) is 11.9 Å². The fourth-order valence-electron chi connectivity index (χ4n) is 1.25. The number of aliphatic hydroxyl groups excluding tert-OH is 1. The van der Waals surface area contributed by atoms with Crippen LogP contribution in [0.4, 0.5) is 11.4 Å². The van der Waals surface area contributed by atoms with Crippen LogP contribution in [0.25, 0.3) is 0 Å². The van der Waals surface area contributed by atoms with Crippen LogP contribution in [0.15, 0.2) is 16.9 Å². The van der Waals surface area contributed by atoms with Gasteiger partial charge >= 0.3 is 5.69 Å². The van der Waals surface area contributed by atoms with Gasteiger partial charge < -0.3 is 15.2 Å². The molecule has 0 amide bonds. The highest BCUT2D eigenvalue weighted by Gasteiger charge is 2.20. The molecule has 0 aliphatic heterocycles. The first-order valence-electron chi connectivity index (χ1n) is 4.74. The van der Waals surface area contributed by atoms with Gasteiger partial charge in [0, 0.05) is 13.3 Å². The van der Waals surface area contributed by atoms with Crippen LogP contribution in [0.3, 0.4) is 0 Å². The molecule has 0 fully saturated rings. The summed E-state index contributed by atoms with van der Waals surface area (Å²) in [5, 5.41) is 22.8. The highest BCUT2D eigenvalue weighted by atomic mass is 79.9. The first kappa shape index (κ1) is 13.8. The predicted octanol–water partition coefficient (Wildman–Crippen LogP) is 1.17. The summed E-state index contributed by atoms with van der Waals surface area (Å²) in [5.41, 5.74) is 0.120. The van der Waals surface area contributed by atoms with E-state index in [1.54, 1.807) is 0 Å². The van der Waals surface area contributed by atoms with Crippen LogP contribution in [0.5, 0.6) is 0 Å². The van der Waals surface area contributed by atoms with Gasteiger partial charge in [-0.25, -0.2) is 0 Å². The number of hydrogen-bond acceptors (Lipinski definition) is 6. The molecule has 1 heterocycles. The summed E-state index contributed by atoms with van der Waals surface area (Å²) < 4.78 is 5.34. The van der Waals surface area contributed by atoms with Crippen molar-refractivity contribution in [3.05, 3.63) is 27.0 Å². The number of nitro groups is 1. The number of nitrogens with zero attached hydrogens (tertiary/aromatic N) is 2. The number of methoxy groups -OCH3 is 1. The van der Waals surface area contributed by atoms with Crippen molar-refractivity contribution in [3.8, 4) is 0 Å². The number of nitrogens with one attached hydrogen (secondary N) is 1. The van der Waals surface area contributed by atoms with E-state index in [1.165, 1.54) is 13.3 Å². The Bertz CT molecular complexity index is 402. The van der Waals surface area contributed by atoms with E-state index in [4.69, 9.17) is 9.84 Å². The SMILES string of the molecule is COCC(CO)Nc1c(Br)cncc1[N+](=O)[O-]. The molecule has 1 unspecified atom stereocenters. The lowest BCUT2D eigenvalue weighted by atomic mass is 10.3. The van der Waals surface area contributed by atoms with E-state index in [9.17, 15) is 10.1 Å². The molecule has 0 spiro atoms. The van der Waals surface area contributed by atoms with Crippen molar-refractivity contribution in [2.45, 2.75) is 6.04 Å². The summed E-state index contributed by atoms with van der Waals surface area (Å²) >= 11 is 3.17. The van der Waals surface area contributed by atoms with Crippen molar-refractivity contribution in [2.75, 3.05) is 25.6 Å². The van der Waals surface area contributed by atoms with Gasteiger partial charge in [0.25, 0.3) is 0 Å². The van der Waals surface area contributed by atoms with Crippen molar-refractivity contribution < 1.29 is 14.8 Å². The molecule has 1 rings (SSSR count). The molecule has 0 aliphatic carbocycles. The molecule has 94 valence electrons. The van der Waals surface area contributed by atoms with Crippen molar-refractivity contribution in [3.63, 3.8) is 0 Å². The Hall–Kier alpha value is -1.25. The minimum Gasteiger partial charge on any atom is -0.394 e. The zero-order valence-electron chi connectivity index (χ0n) is 9.09. The zero-order chi connectivity index (χ0) is 12.8. The lowest BCUT2D eigenvalue weighted by Crippen LogP contribution is -2.29. The fraction of sp³-hybridized carbons (Fsp3) is 0.444. The lowest BCUT2D eigenvalue weighted by molar-refractivity contribution is -0.384. The average Bonchev–Trinajstić information content (AvgIpc) is 2.30. The molecule has 1 atom stereocenters. The third kappa shape index (κ3) is 3.62. The third-order valence-electron chi connectivity index (χ3n) is 2.01. The van der Waals surface area contributed by atoms with Gasteiger partial charge in [-0.15, -0.1) is 0 Å². The molecular formula is C9H12BrN3O4. The maximum Gasteiger partial charge on any atom is 0.311 e. The van der Waals surface area contributed by atoms with Crippen molar-refractivity contribution >= 4 is 27.3 Å². The Morgan fingerprint density at radius 3 is 2.94 bits per heavy atom. The quantitative estimate of drug-likeness (QED) is 0.605. The van der Waals surface area contributed by atoms with E-state index in [1.807, 2.05) is 0 Å². The number of hydrogen-bond donors (Lipinski definition) is 2. The average molecular weight is 306 g/mol. The monoisotopic (exact) mass is 305 g/mol. The number of halogens is 1. The maximum atomic E-state index is 10.8. The summed E-state index contributed by atoms with van der Waals surface area (Å²) in [7, 11) is 1.49. The van der Waals surface area contributed by atoms with Crippen LogP contribution in [-0.2, 0) is 4.74 Å². The van der Waals surface area contributed by atoms with Crippen LogP contribution in [-0.4, -0.2) is 41.4 Å². The van der Waals surface area contributed by atoms with Gasteiger partial charge in [-0.05, 0) is 15.9 Å². The summed E-state index contributed by atoms with van der Waals surface area (Å²) in [5.74, 6) is 0. The summed E-state index contributed by atoms with van der Waals surface area (Å²) in [6.07, 6.45) is 2.59. The molecule has 2 N–H and O–H groups in total. The highest BCUT2D eigenvalue weighted by molar-refractivity contribution is 9.10. The molecule has 8 heteroatoms. The van der Waals surface area contributed by atoms with Gasteiger partial charge in [0.05, 0.1) is 28.7 Å². The molecule has 17 heavy (non-hydrogen) atoms. The molecule has 0 aromatic carbocycles. The molecular weight excluding hydrogens is 294 g/mol. The van der Waals surface area contributed by atoms with Crippen molar-refractivity contribution in [2.24, 2.45) is 0 Å². The summed E-state index contributed by atoms with van der Waals surface area (Å²) in [6.45, 7) is 0.0438. The predicted molar refractivity (Wildman–Crippen MR) is 65.0 cm³/mol. The van der Waals surface area contributed by atoms with Gasteiger partial charge in [-0.3, -0.25) is 15.1 Å². The van der Waals surface area contributed by atoms with Crippen LogP contribution in [0.1, 0.15) is 0 Å². The van der Waals surface area contributed by atoms with Crippen LogP contribution in [0, 0.1) is 10.1 Å².